The molecular weight excluding hydrogens is 220 g/mol. The van der Waals surface area contributed by atoms with Crippen molar-refractivity contribution in [1.82, 2.24) is 0 Å². The van der Waals surface area contributed by atoms with E-state index >= 15 is 0 Å². The Balaban J connectivity index is 1.89. The molecule has 3 rings (SSSR count). The first-order valence-electron chi connectivity index (χ1n) is 6.42. The van der Waals surface area contributed by atoms with Gasteiger partial charge < -0.3 is 10.6 Å². The fraction of sp³-hybridized carbons (Fsp3) is 0.250. The molecule has 0 amide bonds. The van der Waals surface area contributed by atoms with Gasteiger partial charge in [0.1, 0.15) is 0 Å². The second kappa shape index (κ2) is 4.37. The Morgan fingerprint density at radius 1 is 1.17 bits per heavy atom. The number of hydrogen-bond acceptors (Lipinski definition) is 2. The highest BCUT2D eigenvalue weighted by molar-refractivity contribution is 5.74. The molecule has 0 saturated carbocycles. The third-order valence-electron chi connectivity index (χ3n) is 3.57. The normalized spacial score (nSPS) is 13.7. The van der Waals surface area contributed by atoms with Gasteiger partial charge in [-0.1, -0.05) is 42.0 Å². The molecule has 2 N–H and O–H groups in total. The summed E-state index contributed by atoms with van der Waals surface area (Å²) < 4.78 is 0. The van der Waals surface area contributed by atoms with E-state index in [2.05, 4.69) is 42.2 Å². The Kier molecular flexibility index (Phi) is 2.71. The van der Waals surface area contributed by atoms with E-state index in [1.807, 2.05) is 12.1 Å². The van der Waals surface area contributed by atoms with Crippen molar-refractivity contribution >= 4 is 11.4 Å². The Bertz CT molecular complexity index is 575. The number of nitrogen functional groups attached to an aromatic ring is 1. The van der Waals surface area contributed by atoms with Gasteiger partial charge in [0, 0.05) is 13.1 Å². The van der Waals surface area contributed by atoms with Gasteiger partial charge >= 0.3 is 0 Å². The number of nitrogens with two attached hydrogens (primary N) is 1. The first kappa shape index (κ1) is 11.1. The van der Waals surface area contributed by atoms with Crippen molar-refractivity contribution in [3.8, 4) is 0 Å². The van der Waals surface area contributed by atoms with Crippen LogP contribution in [0.4, 0.5) is 11.4 Å². The molecule has 0 spiro atoms. The molecule has 1 heterocycles. The minimum absolute atomic E-state index is 0.901. The zero-order valence-corrected chi connectivity index (χ0v) is 10.7. The summed E-state index contributed by atoms with van der Waals surface area (Å²) in [5.41, 5.74) is 12.3. The molecule has 0 radical (unpaired) electrons. The molecule has 1 aliphatic rings. The molecule has 2 aromatic carbocycles. The molecule has 2 aromatic rings. The van der Waals surface area contributed by atoms with Crippen LogP contribution in [0.5, 0.6) is 0 Å². The minimum Gasteiger partial charge on any atom is -0.397 e. The highest BCUT2D eigenvalue weighted by atomic mass is 15.2. The molecule has 92 valence electrons. The lowest BCUT2D eigenvalue weighted by Gasteiger charge is -2.21. The van der Waals surface area contributed by atoms with E-state index in [0.717, 1.165) is 25.2 Å². The second-order valence-corrected chi connectivity index (χ2v) is 5.02. The third-order valence-corrected chi connectivity index (χ3v) is 3.57. The zero-order valence-electron chi connectivity index (χ0n) is 10.7. The Morgan fingerprint density at radius 2 is 2.00 bits per heavy atom. The summed E-state index contributed by atoms with van der Waals surface area (Å²) in [6, 6.07) is 14.9. The summed E-state index contributed by atoms with van der Waals surface area (Å²) in [6.45, 7) is 4.15. The Labute approximate surface area is 108 Å². The van der Waals surface area contributed by atoms with E-state index in [-0.39, 0.29) is 0 Å². The molecule has 0 unspecified atom stereocenters. The lowest BCUT2D eigenvalue weighted by molar-refractivity contribution is 0.836. The molecule has 0 saturated heterocycles. The van der Waals surface area contributed by atoms with Crippen LogP contribution in [-0.2, 0) is 13.0 Å². The number of rotatable bonds is 2. The average Bonchev–Trinajstić information content (AvgIpc) is 2.74. The van der Waals surface area contributed by atoms with E-state index in [1.165, 1.54) is 22.4 Å². The van der Waals surface area contributed by atoms with Gasteiger partial charge in [0.25, 0.3) is 0 Å². The zero-order chi connectivity index (χ0) is 12.5. The van der Waals surface area contributed by atoms with Crippen molar-refractivity contribution in [2.24, 2.45) is 0 Å². The molecule has 0 atom stereocenters. The first-order chi connectivity index (χ1) is 8.74. The topological polar surface area (TPSA) is 29.3 Å². The van der Waals surface area contributed by atoms with Crippen LogP contribution in [-0.4, -0.2) is 6.54 Å². The van der Waals surface area contributed by atoms with E-state index in [0.29, 0.717) is 0 Å². The van der Waals surface area contributed by atoms with Crippen LogP contribution in [0.15, 0.2) is 42.5 Å². The first-order valence-corrected chi connectivity index (χ1v) is 6.42. The molecule has 1 aliphatic heterocycles. The van der Waals surface area contributed by atoms with Crippen LogP contribution < -0.4 is 10.6 Å². The van der Waals surface area contributed by atoms with Crippen LogP contribution >= 0.6 is 0 Å². The summed E-state index contributed by atoms with van der Waals surface area (Å²) in [6.07, 6.45) is 1.10. The number of anilines is 2. The highest BCUT2D eigenvalue weighted by Crippen LogP contribution is 2.34. The van der Waals surface area contributed by atoms with Crippen LogP contribution in [0.3, 0.4) is 0 Å². The lowest BCUT2D eigenvalue weighted by Crippen LogP contribution is -2.20. The van der Waals surface area contributed by atoms with Gasteiger partial charge in [-0.3, -0.25) is 0 Å². The monoisotopic (exact) mass is 238 g/mol. The van der Waals surface area contributed by atoms with Crippen molar-refractivity contribution in [1.29, 1.82) is 0 Å². The molecule has 2 nitrogen and oxygen atoms in total. The largest absolute Gasteiger partial charge is 0.397 e. The molecule has 18 heavy (non-hydrogen) atoms. The fourth-order valence-electron chi connectivity index (χ4n) is 2.75. The van der Waals surface area contributed by atoms with Crippen LogP contribution in [0.1, 0.15) is 16.7 Å². The predicted octanol–water partition coefficient (Wildman–Crippen LogP) is 3.14. The van der Waals surface area contributed by atoms with Gasteiger partial charge in [-0.15, -0.1) is 0 Å². The SMILES string of the molecule is Cc1cccc(CN2CCc3cccc(N)c32)c1. The maximum absolute atomic E-state index is 6.10. The van der Waals surface area contributed by atoms with Crippen molar-refractivity contribution in [2.45, 2.75) is 19.9 Å². The molecule has 0 aliphatic carbocycles. The van der Waals surface area contributed by atoms with E-state index in [4.69, 9.17) is 5.73 Å². The van der Waals surface area contributed by atoms with E-state index < -0.39 is 0 Å². The van der Waals surface area contributed by atoms with Crippen LogP contribution in [0, 0.1) is 6.92 Å². The second-order valence-electron chi connectivity index (χ2n) is 5.02. The highest BCUT2D eigenvalue weighted by Gasteiger charge is 2.21. The Morgan fingerprint density at radius 3 is 2.83 bits per heavy atom. The standard InChI is InChI=1S/C16H18N2/c1-12-4-2-5-13(10-12)11-18-9-8-14-6-3-7-15(17)16(14)18/h2-7,10H,8-9,11,17H2,1H3. The summed E-state index contributed by atoms with van der Waals surface area (Å²) in [5, 5.41) is 0. The number of nitrogens with zero attached hydrogens (tertiary/aromatic N) is 1. The quantitative estimate of drug-likeness (QED) is 0.814. The maximum atomic E-state index is 6.10. The fourth-order valence-corrected chi connectivity index (χ4v) is 2.75. The van der Waals surface area contributed by atoms with Gasteiger partial charge in [0.15, 0.2) is 0 Å². The summed E-state index contributed by atoms with van der Waals surface area (Å²) in [4.78, 5) is 2.39. The smallest absolute Gasteiger partial charge is 0.0636 e. The summed E-state index contributed by atoms with van der Waals surface area (Å²) in [5.74, 6) is 0. The number of benzene rings is 2. The molecule has 0 aromatic heterocycles. The van der Waals surface area contributed by atoms with Crippen molar-refractivity contribution in [3.05, 3.63) is 59.2 Å². The van der Waals surface area contributed by atoms with E-state index in [9.17, 15) is 0 Å². The number of para-hydroxylation sites is 1. The van der Waals surface area contributed by atoms with Crippen LogP contribution in [0.25, 0.3) is 0 Å². The average molecular weight is 238 g/mol. The van der Waals surface area contributed by atoms with Crippen molar-refractivity contribution < 1.29 is 0 Å². The third kappa shape index (κ3) is 1.94. The molecule has 0 fully saturated rings. The van der Waals surface area contributed by atoms with Gasteiger partial charge in [0.05, 0.1) is 11.4 Å². The van der Waals surface area contributed by atoms with E-state index in [1.54, 1.807) is 0 Å². The molecular formula is C16H18N2. The lowest BCUT2D eigenvalue weighted by atomic mass is 10.1. The Hall–Kier alpha value is -1.96. The molecule has 0 bridgehead atoms. The van der Waals surface area contributed by atoms with Gasteiger partial charge in [-0.2, -0.15) is 0 Å². The van der Waals surface area contributed by atoms with Gasteiger partial charge in [0.2, 0.25) is 0 Å². The minimum atomic E-state index is 0.901. The molecule has 2 heteroatoms. The summed E-state index contributed by atoms with van der Waals surface area (Å²) in [7, 11) is 0. The number of hydrogen-bond donors (Lipinski definition) is 1. The van der Waals surface area contributed by atoms with Gasteiger partial charge in [-0.05, 0) is 30.5 Å². The van der Waals surface area contributed by atoms with Crippen LogP contribution in [0.2, 0.25) is 0 Å². The van der Waals surface area contributed by atoms with Gasteiger partial charge in [-0.25, -0.2) is 0 Å². The van der Waals surface area contributed by atoms with Crippen molar-refractivity contribution in [3.63, 3.8) is 0 Å². The number of aryl methyl sites for hydroxylation is 1. The number of fused-ring (bicyclic) bond motifs is 1. The summed E-state index contributed by atoms with van der Waals surface area (Å²) >= 11 is 0. The van der Waals surface area contributed by atoms with Crippen molar-refractivity contribution in [2.75, 3.05) is 17.2 Å². The maximum Gasteiger partial charge on any atom is 0.0636 e. The predicted molar refractivity (Wildman–Crippen MR) is 76.8 cm³/mol.